The molecule has 1 N–H and O–H groups in total. The van der Waals surface area contributed by atoms with E-state index in [1.54, 1.807) is 0 Å². The Morgan fingerprint density at radius 1 is 1.26 bits per heavy atom. The molecule has 2 unspecified atom stereocenters. The summed E-state index contributed by atoms with van der Waals surface area (Å²) < 4.78 is 6.08. The molecule has 104 valence electrons. The van der Waals surface area contributed by atoms with Gasteiger partial charge in [0.2, 0.25) is 0 Å². The van der Waals surface area contributed by atoms with Crippen molar-refractivity contribution in [1.29, 1.82) is 0 Å². The van der Waals surface area contributed by atoms with Gasteiger partial charge in [-0.05, 0) is 62.1 Å². The number of ether oxygens (including phenoxy) is 1. The number of rotatable bonds is 2. The second-order valence-corrected chi connectivity index (χ2v) is 7.15. The molecule has 0 radical (unpaired) electrons. The quantitative estimate of drug-likeness (QED) is 0.889. The maximum absolute atomic E-state index is 6.08. The summed E-state index contributed by atoms with van der Waals surface area (Å²) in [6.45, 7) is 5.23. The van der Waals surface area contributed by atoms with Crippen LogP contribution in [0.1, 0.15) is 30.4 Å². The van der Waals surface area contributed by atoms with Gasteiger partial charge < -0.3 is 10.1 Å². The normalized spacial score (nSPS) is 30.7. The molecular formula is C16H23NOS. The zero-order valence-electron chi connectivity index (χ0n) is 11.9. The minimum Gasteiger partial charge on any atom is -0.382 e. The van der Waals surface area contributed by atoms with Crippen molar-refractivity contribution in [3.63, 3.8) is 0 Å². The van der Waals surface area contributed by atoms with Gasteiger partial charge in [-0.1, -0.05) is 6.07 Å². The van der Waals surface area contributed by atoms with Crippen molar-refractivity contribution < 1.29 is 4.74 Å². The molecule has 2 aliphatic heterocycles. The number of benzene rings is 1. The van der Waals surface area contributed by atoms with Gasteiger partial charge in [0.25, 0.3) is 0 Å². The molecule has 0 bridgehead atoms. The number of aryl methyl sites for hydroxylation is 2. The Morgan fingerprint density at radius 2 is 2.05 bits per heavy atom. The van der Waals surface area contributed by atoms with Crippen molar-refractivity contribution >= 4 is 17.4 Å². The molecule has 0 amide bonds. The fourth-order valence-corrected chi connectivity index (χ4v) is 4.69. The van der Waals surface area contributed by atoms with Crippen molar-refractivity contribution in [3.05, 3.63) is 29.3 Å². The lowest BCUT2D eigenvalue weighted by molar-refractivity contribution is -0.0628. The van der Waals surface area contributed by atoms with E-state index in [2.05, 4.69) is 37.4 Å². The maximum Gasteiger partial charge on any atom is 0.0799 e. The Labute approximate surface area is 120 Å². The third-order valence-corrected chi connectivity index (χ3v) is 5.38. The molecule has 2 fully saturated rings. The van der Waals surface area contributed by atoms with Crippen LogP contribution in [0.5, 0.6) is 0 Å². The lowest BCUT2D eigenvalue weighted by Gasteiger charge is -2.38. The van der Waals surface area contributed by atoms with Crippen LogP contribution in [0, 0.1) is 13.8 Å². The fourth-order valence-electron chi connectivity index (χ4n) is 3.31. The summed E-state index contributed by atoms with van der Waals surface area (Å²) in [6.07, 6.45) is 3.51. The minimum atomic E-state index is 0.166. The Balaban J connectivity index is 1.69. The number of anilines is 1. The third-order valence-electron chi connectivity index (χ3n) is 4.15. The minimum absolute atomic E-state index is 0.166. The first-order chi connectivity index (χ1) is 9.15. The van der Waals surface area contributed by atoms with E-state index in [-0.39, 0.29) is 5.60 Å². The van der Waals surface area contributed by atoms with Gasteiger partial charge in [0.15, 0.2) is 0 Å². The molecule has 2 aliphatic rings. The SMILES string of the molecule is Cc1cc(C)cc(NC2CCOC3(CCSC3)C2)c1. The molecule has 0 aromatic heterocycles. The average molecular weight is 277 g/mol. The van der Waals surface area contributed by atoms with Crippen molar-refractivity contribution in [2.75, 3.05) is 23.4 Å². The molecule has 2 atom stereocenters. The Bertz CT molecular complexity index is 434. The highest BCUT2D eigenvalue weighted by atomic mass is 32.2. The van der Waals surface area contributed by atoms with Crippen LogP contribution < -0.4 is 5.32 Å². The zero-order valence-corrected chi connectivity index (χ0v) is 12.7. The highest BCUT2D eigenvalue weighted by molar-refractivity contribution is 7.99. The average Bonchev–Trinajstić information content (AvgIpc) is 2.76. The van der Waals surface area contributed by atoms with Crippen molar-refractivity contribution in [2.45, 2.75) is 44.8 Å². The second kappa shape index (κ2) is 5.37. The van der Waals surface area contributed by atoms with Gasteiger partial charge in [0.1, 0.15) is 0 Å². The van der Waals surface area contributed by atoms with Crippen LogP contribution in [0.2, 0.25) is 0 Å². The van der Waals surface area contributed by atoms with Crippen LogP contribution >= 0.6 is 11.8 Å². The van der Waals surface area contributed by atoms with E-state index in [1.165, 1.54) is 34.7 Å². The number of hydrogen-bond donors (Lipinski definition) is 1. The third kappa shape index (κ3) is 3.09. The highest BCUT2D eigenvalue weighted by Gasteiger charge is 2.40. The van der Waals surface area contributed by atoms with Crippen LogP contribution in [-0.2, 0) is 4.74 Å². The van der Waals surface area contributed by atoms with Crippen LogP contribution in [0.15, 0.2) is 18.2 Å². The summed E-state index contributed by atoms with van der Waals surface area (Å²) in [5.41, 5.74) is 4.10. The monoisotopic (exact) mass is 277 g/mol. The molecular weight excluding hydrogens is 254 g/mol. The molecule has 2 nitrogen and oxygen atoms in total. The topological polar surface area (TPSA) is 21.3 Å². The molecule has 0 saturated carbocycles. The van der Waals surface area contributed by atoms with E-state index >= 15 is 0 Å². The first-order valence-electron chi connectivity index (χ1n) is 7.22. The summed E-state index contributed by atoms with van der Waals surface area (Å²) >= 11 is 2.04. The largest absolute Gasteiger partial charge is 0.382 e. The molecule has 2 saturated heterocycles. The van der Waals surface area contributed by atoms with Gasteiger partial charge in [-0.2, -0.15) is 11.8 Å². The van der Waals surface area contributed by atoms with Gasteiger partial charge >= 0.3 is 0 Å². The van der Waals surface area contributed by atoms with Crippen molar-refractivity contribution in [1.82, 2.24) is 0 Å². The molecule has 3 heteroatoms. The first-order valence-corrected chi connectivity index (χ1v) is 8.37. The van der Waals surface area contributed by atoms with Crippen molar-refractivity contribution in [3.8, 4) is 0 Å². The molecule has 1 spiro atoms. The molecule has 3 rings (SSSR count). The van der Waals surface area contributed by atoms with Crippen LogP contribution in [0.3, 0.4) is 0 Å². The number of nitrogens with one attached hydrogen (secondary N) is 1. The lowest BCUT2D eigenvalue weighted by atomic mass is 9.89. The zero-order chi connectivity index (χ0) is 13.3. The molecule has 1 aromatic rings. The lowest BCUT2D eigenvalue weighted by Crippen LogP contribution is -2.44. The Kier molecular flexibility index (Phi) is 3.77. The Morgan fingerprint density at radius 3 is 2.74 bits per heavy atom. The molecule has 2 heterocycles. The van der Waals surface area contributed by atoms with Gasteiger partial charge in [-0.15, -0.1) is 0 Å². The van der Waals surface area contributed by atoms with E-state index in [0.29, 0.717) is 6.04 Å². The van der Waals surface area contributed by atoms with Crippen LogP contribution in [0.4, 0.5) is 5.69 Å². The van der Waals surface area contributed by atoms with Gasteiger partial charge in [-0.3, -0.25) is 0 Å². The van der Waals surface area contributed by atoms with Crippen molar-refractivity contribution in [2.24, 2.45) is 0 Å². The van der Waals surface area contributed by atoms with E-state index < -0.39 is 0 Å². The second-order valence-electron chi connectivity index (χ2n) is 6.04. The number of hydrogen-bond acceptors (Lipinski definition) is 3. The summed E-state index contributed by atoms with van der Waals surface area (Å²) in [5, 5.41) is 3.72. The van der Waals surface area contributed by atoms with Gasteiger partial charge in [-0.25, -0.2) is 0 Å². The Hall–Kier alpha value is -0.670. The predicted octanol–water partition coefficient (Wildman–Crippen LogP) is 3.77. The highest BCUT2D eigenvalue weighted by Crippen LogP contribution is 2.39. The predicted molar refractivity (Wildman–Crippen MR) is 83.2 cm³/mol. The van der Waals surface area contributed by atoms with E-state index in [1.807, 2.05) is 11.8 Å². The first kappa shape index (κ1) is 13.3. The van der Waals surface area contributed by atoms with E-state index in [4.69, 9.17) is 4.74 Å². The fraction of sp³-hybridized carbons (Fsp3) is 0.625. The summed E-state index contributed by atoms with van der Waals surface area (Å²) in [6, 6.07) is 7.29. The van der Waals surface area contributed by atoms with Crippen LogP contribution in [0.25, 0.3) is 0 Å². The summed E-state index contributed by atoms with van der Waals surface area (Å²) in [4.78, 5) is 0. The molecule has 1 aromatic carbocycles. The number of thioether (sulfide) groups is 1. The molecule has 0 aliphatic carbocycles. The van der Waals surface area contributed by atoms with E-state index in [0.717, 1.165) is 19.4 Å². The van der Waals surface area contributed by atoms with Gasteiger partial charge in [0.05, 0.1) is 5.60 Å². The van der Waals surface area contributed by atoms with E-state index in [9.17, 15) is 0 Å². The van der Waals surface area contributed by atoms with Gasteiger partial charge in [0, 0.05) is 24.1 Å². The maximum atomic E-state index is 6.08. The molecule has 19 heavy (non-hydrogen) atoms. The standard InChI is InChI=1S/C16H23NOS/c1-12-7-13(2)9-15(8-12)17-14-3-5-18-16(10-14)4-6-19-11-16/h7-9,14,17H,3-6,10-11H2,1-2H3. The summed E-state index contributed by atoms with van der Waals surface area (Å²) in [5.74, 6) is 2.44. The van der Waals surface area contributed by atoms with Crippen LogP contribution in [-0.4, -0.2) is 29.8 Å². The summed E-state index contributed by atoms with van der Waals surface area (Å²) in [7, 11) is 0. The smallest absolute Gasteiger partial charge is 0.0799 e.